The SMILES string of the molecule is C=C(CCn1cnc2cnc3[nH]ccc3c21)NS(=O)(=O)C1CC1. The second-order valence-corrected chi connectivity index (χ2v) is 7.83. The van der Waals surface area contributed by atoms with Crippen molar-refractivity contribution in [3.05, 3.63) is 37.1 Å². The zero-order chi connectivity index (χ0) is 16.0. The molecular formula is C15H17N5O2S. The van der Waals surface area contributed by atoms with E-state index in [2.05, 4.69) is 26.3 Å². The van der Waals surface area contributed by atoms with Gasteiger partial charge in [0.2, 0.25) is 10.0 Å². The molecule has 0 aliphatic heterocycles. The second-order valence-electron chi connectivity index (χ2n) is 5.87. The maximum Gasteiger partial charge on any atom is 0.235 e. The molecule has 0 bridgehead atoms. The number of pyridine rings is 1. The highest BCUT2D eigenvalue weighted by atomic mass is 32.2. The van der Waals surface area contributed by atoms with Gasteiger partial charge in [-0.3, -0.25) is 4.72 Å². The van der Waals surface area contributed by atoms with Gasteiger partial charge >= 0.3 is 0 Å². The Morgan fingerprint density at radius 3 is 3.04 bits per heavy atom. The van der Waals surface area contributed by atoms with Crippen molar-refractivity contribution in [3.8, 4) is 0 Å². The van der Waals surface area contributed by atoms with Crippen molar-refractivity contribution in [1.29, 1.82) is 0 Å². The average Bonchev–Trinajstić information content (AvgIpc) is 3.13. The number of hydrogen-bond donors (Lipinski definition) is 2. The van der Waals surface area contributed by atoms with Crippen LogP contribution in [0.4, 0.5) is 0 Å². The number of rotatable bonds is 6. The van der Waals surface area contributed by atoms with E-state index in [0.29, 0.717) is 18.7 Å². The molecule has 0 saturated heterocycles. The highest BCUT2D eigenvalue weighted by molar-refractivity contribution is 7.90. The van der Waals surface area contributed by atoms with Crippen LogP contribution in [0, 0.1) is 0 Å². The van der Waals surface area contributed by atoms with Crippen molar-refractivity contribution in [3.63, 3.8) is 0 Å². The number of aryl methyl sites for hydroxylation is 1. The van der Waals surface area contributed by atoms with Gasteiger partial charge in [-0.1, -0.05) is 6.58 Å². The van der Waals surface area contributed by atoms with Crippen LogP contribution in [-0.4, -0.2) is 33.2 Å². The van der Waals surface area contributed by atoms with Gasteiger partial charge in [0.05, 0.1) is 23.3 Å². The maximum atomic E-state index is 11.9. The Kier molecular flexibility index (Phi) is 3.15. The highest BCUT2D eigenvalue weighted by Gasteiger charge is 2.35. The number of hydrogen-bond acceptors (Lipinski definition) is 4. The van der Waals surface area contributed by atoms with Gasteiger partial charge in [-0.15, -0.1) is 0 Å². The Morgan fingerprint density at radius 1 is 1.43 bits per heavy atom. The van der Waals surface area contributed by atoms with Crippen LogP contribution in [-0.2, 0) is 16.6 Å². The lowest BCUT2D eigenvalue weighted by Crippen LogP contribution is -2.26. The fourth-order valence-corrected chi connectivity index (χ4v) is 4.14. The van der Waals surface area contributed by atoms with E-state index in [9.17, 15) is 8.42 Å². The van der Waals surface area contributed by atoms with Crippen LogP contribution in [0.2, 0.25) is 0 Å². The van der Waals surface area contributed by atoms with E-state index >= 15 is 0 Å². The predicted octanol–water partition coefficient (Wildman–Crippen LogP) is 1.90. The molecule has 0 unspecified atom stereocenters. The lowest BCUT2D eigenvalue weighted by atomic mass is 10.3. The Morgan fingerprint density at radius 2 is 2.26 bits per heavy atom. The van der Waals surface area contributed by atoms with Crippen molar-refractivity contribution in [2.24, 2.45) is 0 Å². The summed E-state index contributed by atoms with van der Waals surface area (Å²) in [5, 5.41) is 0.767. The minimum atomic E-state index is -3.23. The first kappa shape index (κ1) is 14.3. The van der Waals surface area contributed by atoms with Crippen LogP contribution in [0.3, 0.4) is 0 Å². The lowest BCUT2D eigenvalue weighted by Gasteiger charge is -2.11. The molecule has 2 N–H and O–H groups in total. The van der Waals surface area contributed by atoms with E-state index in [1.807, 2.05) is 16.8 Å². The number of nitrogens with one attached hydrogen (secondary N) is 2. The average molecular weight is 331 g/mol. The molecule has 4 rings (SSSR count). The molecule has 8 heteroatoms. The molecule has 1 fully saturated rings. The summed E-state index contributed by atoms with van der Waals surface area (Å²) in [5.41, 5.74) is 3.14. The standard InChI is InChI=1S/C15H17N5O2S/c1-10(19-23(21,22)11-2-3-11)5-7-20-9-18-13-8-17-15-12(14(13)20)4-6-16-15/h4,6,8-9,11,19H,1-3,5,7H2,(H,16,17). The largest absolute Gasteiger partial charge is 0.346 e. The molecule has 1 aliphatic carbocycles. The third kappa shape index (κ3) is 2.59. The second kappa shape index (κ2) is 5.09. The van der Waals surface area contributed by atoms with E-state index in [1.54, 1.807) is 12.5 Å². The number of nitrogens with zero attached hydrogens (tertiary/aromatic N) is 3. The number of aromatic nitrogens is 4. The molecule has 120 valence electrons. The Hall–Kier alpha value is -2.35. The molecule has 23 heavy (non-hydrogen) atoms. The number of aromatic amines is 1. The normalized spacial score (nSPS) is 15.3. The minimum Gasteiger partial charge on any atom is -0.346 e. The van der Waals surface area contributed by atoms with Gasteiger partial charge < -0.3 is 9.55 Å². The lowest BCUT2D eigenvalue weighted by molar-refractivity contribution is 0.583. The van der Waals surface area contributed by atoms with Crippen LogP contribution >= 0.6 is 0 Å². The van der Waals surface area contributed by atoms with Crippen molar-refractivity contribution in [1.82, 2.24) is 24.2 Å². The molecule has 0 amide bonds. The minimum absolute atomic E-state index is 0.237. The first-order valence-corrected chi connectivity index (χ1v) is 9.05. The number of H-pyrrole nitrogens is 1. The third-order valence-corrected chi connectivity index (χ3v) is 5.99. The molecule has 0 spiro atoms. The summed E-state index contributed by atoms with van der Waals surface area (Å²) < 4.78 is 28.4. The molecule has 3 aromatic rings. The maximum absolute atomic E-state index is 11.9. The van der Waals surface area contributed by atoms with E-state index < -0.39 is 10.0 Å². The van der Waals surface area contributed by atoms with Gasteiger partial charge in [0, 0.05) is 30.2 Å². The van der Waals surface area contributed by atoms with Crippen molar-refractivity contribution >= 4 is 32.1 Å². The molecule has 0 aromatic carbocycles. The first-order valence-electron chi connectivity index (χ1n) is 7.51. The fraction of sp³-hybridized carbons (Fsp3) is 0.333. The third-order valence-electron chi connectivity index (χ3n) is 4.07. The van der Waals surface area contributed by atoms with Crippen LogP contribution in [0.25, 0.3) is 22.1 Å². The van der Waals surface area contributed by atoms with E-state index in [4.69, 9.17) is 0 Å². The van der Waals surface area contributed by atoms with Gasteiger partial charge in [-0.25, -0.2) is 18.4 Å². The molecule has 0 radical (unpaired) electrons. The fourth-order valence-electron chi connectivity index (χ4n) is 2.71. The zero-order valence-electron chi connectivity index (χ0n) is 12.5. The van der Waals surface area contributed by atoms with Crippen molar-refractivity contribution in [2.45, 2.75) is 31.1 Å². The molecule has 3 aromatic heterocycles. The molecule has 0 atom stereocenters. The summed E-state index contributed by atoms with van der Waals surface area (Å²) in [4.78, 5) is 11.8. The zero-order valence-corrected chi connectivity index (χ0v) is 13.3. The number of sulfonamides is 1. The molecule has 3 heterocycles. The summed E-state index contributed by atoms with van der Waals surface area (Å²) in [6, 6.07) is 1.97. The van der Waals surface area contributed by atoms with Crippen molar-refractivity contribution in [2.75, 3.05) is 0 Å². The summed E-state index contributed by atoms with van der Waals surface area (Å²) in [5.74, 6) is 0. The Bertz CT molecular complexity index is 997. The Labute approximate surface area is 133 Å². The van der Waals surface area contributed by atoms with Crippen LogP contribution in [0.15, 0.2) is 37.1 Å². The number of allylic oxidation sites excluding steroid dienone is 1. The smallest absolute Gasteiger partial charge is 0.235 e. The summed E-state index contributed by atoms with van der Waals surface area (Å²) in [6.07, 6.45) is 7.33. The summed E-state index contributed by atoms with van der Waals surface area (Å²) in [7, 11) is -3.23. The van der Waals surface area contributed by atoms with Gasteiger partial charge in [0.25, 0.3) is 0 Å². The Balaban J connectivity index is 1.54. The molecule has 7 nitrogen and oxygen atoms in total. The van der Waals surface area contributed by atoms with Crippen LogP contribution in [0.1, 0.15) is 19.3 Å². The van der Waals surface area contributed by atoms with Gasteiger partial charge in [-0.05, 0) is 18.9 Å². The van der Waals surface area contributed by atoms with E-state index in [0.717, 1.165) is 34.9 Å². The van der Waals surface area contributed by atoms with E-state index in [-0.39, 0.29) is 5.25 Å². The quantitative estimate of drug-likeness (QED) is 0.721. The summed E-state index contributed by atoms with van der Waals surface area (Å²) >= 11 is 0. The number of fused-ring (bicyclic) bond motifs is 3. The van der Waals surface area contributed by atoms with Gasteiger partial charge in [0.1, 0.15) is 11.2 Å². The van der Waals surface area contributed by atoms with Gasteiger partial charge in [-0.2, -0.15) is 0 Å². The monoisotopic (exact) mass is 331 g/mol. The van der Waals surface area contributed by atoms with Crippen LogP contribution < -0.4 is 4.72 Å². The van der Waals surface area contributed by atoms with Crippen molar-refractivity contribution < 1.29 is 8.42 Å². The van der Waals surface area contributed by atoms with Gasteiger partial charge in [0.15, 0.2) is 0 Å². The molecule has 1 saturated carbocycles. The highest BCUT2D eigenvalue weighted by Crippen LogP contribution is 2.28. The summed E-state index contributed by atoms with van der Waals surface area (Å²) in [6.45, 7) is 4.44. The first-order chi connectivity index (χ1) is 11.0. The van der Waals surface area contributed by atoms with E-state index in [1.165, 1.54) is 0 Å². The number of imidazole rings is 1. The topological polar surface area (TPSA) is 92.7 Å². The molecule has 1 aliphatic rings. The molecular weight excluding hydrogens is 314 g/mol. The van der Waals surface area contributed by atoms with Crippen LogP contribution in [0.5, 0.6) is 0 Å². The predicted molar refractivity (Wildman–Crippen MR) is 88.2 cm³/mol.